The van der Waals surface area contributed by atoms with Gasteiger partial charge in [0.1, 0.15) is 0 Å². The van der Waals surface area contributed by atoms with Crippen LogP contribution >= 0.6 is 0 Å². The van der Waals surface area contributed by atoms with Crippen molar-refractivity contribution in [2.24, 2.45) is 0 Å². The van der Waals surface area contributed by atoms with E-state index < -0.39 is 0 Å². The summed E-state index contributed by atoms with van der Waals surface area (Å²) in [5.41, 5.74) is 6.05. The van der Waals surface area contributed by atoms with Gasteiger partial charge in [0.25, 0.3) is 0 Å². The molecule has 0 spiro atoms. The lowest BCUT2D eigenvalue weighted by Crippen LogP contribution is -2.48. The molecule has 2 aliphatic rings. The number of benzene rings is 2. The summed E-state index contributed by atoms with van der Waals surface area (Å²) in [6.07, 6.45) is 2.30. The Hall–Kier alpha value is -2.08. The average Bonchev–Trinajstić information content (AvgIpc) is 2.84. The van der Waals surface area contributed by atoms with Crippen molar-refractivity contribution >= 4 is 0 Å². The molecule has 1 heterocycles. The van der Waals surface area contributed by atoms with Gasteiger partial charge in [-0.3, -0.25) is 9.80 Å². The van der Waals surface area contributed by atoms with Gasteiger partial charge in [-0.1, -0.05) is 54.5 Å². The molecule has 0 radical (unpaired) electrons. The van der Waals surface area contributed by atoms with Crippen molar-refractivity contribution < 1.29 is 0 Å². The highest BCUT2D eigenvalue weighted by Crippen LogP contribution is 2.37. The van der Waals surface area contributed by atoms with Gasteiger partial charge in [-0.25, -0.2) is 0 Å². The highest BCUT2D eigenvalue weighted by atomic mass is 15.3. The van der Waals surface area contributed by atoms with Crippen LogP contribution in [0.15, 0.2) is 48.5 Å². The minimum Gasteiger partial charge on any atom is -0.290 e. The third kappa shape index (κ3) is 3.35. The number of piperazine rings is 1. The van der Waals surface area contributed by atoms with Gasteiger partial charge in [0.05, 0.1) is 12.6 Å². The van der Waals surface area contributed by atoms with Gasteiger partial charge in [0.15, 0.2) is 0 Å². The Morgan fingerprint density at radius 2 is 1.40 bits per heavy atom. The van der Waals surface area contributed by atoms with Crippen LogP contribution in [0.1, 0.15) is 35.2 Å². The van der Waals surface area contributed by atoms with Crippen LogP contribution < -0.4 is 0 Å². The lowest BCUT2D eigenvalue weighted by atomic mass is 9.93. The molecule has 0 aromatic heterocycles. The average molecular weight is 330 g/mol. The second-order valence-corrected chi connectivity index (χ2v) is 7.04. The maximum atomic E-state index is 3.21. The molecule has 0 amide bonds. The number of hydrogen-bond acceptors (Lipinski definition) is 2. The molecular weight excluding hydrogens is 304 g/mol. The summed E-state index contributed by atoms with van der Waals surface area (Å²) in [7, 11) is 0. The minimum atomic E-state index is 0.398. The number of aryl methyl sites for hydroxylation is 2. The van der Waals surface area contributed by atoms with Crippen molar-refractivity contribution in [1.29, 1.82) is 0 Å². The second-order valence-electron chi connectivity index (χ2n) is 7.04. The zero-order chi connectivity index (χ0) is 17.1. The van der Waals surface area contributed by atoms with Crippen LogP contribution in [0.3, 0.4) is 0 Å². The fraction of sp³-hybridized carbons (Fsp3) is 0.391. The first-order chi connectivity index (χ1) is 12.4. The number of rotatable bonds is 2. The highest BCUT2D eigenvalue weighted by molar-refractivity contribution is 5.44. The monoisotopic (exact) mass is 330 g/mol. The van der Waals surface area contributed by atoms with Crippen molar-refractivity contribution in [2.75, 3.05) is 32.7 Å². The van der Waals surface area contributed by atoms with Crippen LogP contribution in [-0.4, -0.2) is 42.5 Å². The summed E-state index contributed by atoms with van der Waals surface area (Å²) in [6.45, 7) is 7.26. The van der Waals surface area contributed by atoms with Crippen LogP contribution in [0.5, 0.6) is 0 Å². The molecule has 4 rings (SSSR count). The fourth-order valence-corrected chi connectivity index (χ4v) is 4.26. The molecular formula is C23H26N2. The lowest BCUT2D eigenvalue weighted by Gasteiger charge is -2.39. The van der Waals surface area contributed by atoms with E-state index >= 15 is 0 Å². The zero-order valence-corrected chi connectivity index (χ0v) is 15.0. The Labute approximate surface area is 151 Å². The molecule has 0 atom stereocenters. The fourth-order valence-electron chi connectivity index (χ4n) is 4.26. The molecule has 2 nitrogen and oxygen atoms in total. The van der Waals surface area contributed by atoms with Crippen LogP contribution in [0.4, 0.5) is 0 Å². The Morgan fingerprint density at radius 3 is 1.96 bits per heavy atom. The third-order valence-electron chi connectivity index (χ3n) is 5.61. The van der Waals surface area contributed by atoms with E-state index in [0.29, 0.717) is 6.04 Å². The largest absolute Gasteiger partial charge is 0.290 e. The van der Waals surface area contributed by atoms with Gasteiger partial charge in [-0.15, -0.1) is 5.92 Å². The summed E-state index contributed by atoms with van der Waals surface area (Å²) >= 11 is 0. The summed E-state index contributed by atoms with van der Waals surface area (Å²) < 4.78 is 0. The molecule has 0 unspecified atom stereocenters. The van der Waals surface area contributed by atoms with Gasteiger partial charge in [-0.2, -0.15) is 0 Å². The first kappa shape index (κ1) is 16.4. The van der Waals surface area contributed by atoms with Crippen LogP contribution in [-0.2, 0) is 12.8 Å². The normalized spacial score (nSPS) is 18.6. The van der Waals surface area contributed by atoms with Gasteiger partial charge in [0, 0.05) is 26.2 Å². The van der Waals surface area contributed by atoms with Crippen molar-refractivity contribution in [2.45, 2.75) is 25.8 Å². The second kappa shape index (κ2) is 7.44. The summed E-state index contributed by atoms with van der Waals surface area (Å²) in [5, 5.41) is 0. The van der Waals surface area contributed by atoms with E-state index in [-0.39, 0.29) is 0 Å². The third-order valence-corrected chi connectivity index (χ3v) is 5.61. The van der Waals surface area contributed by atoms with Gasteiger partial charge < -0.3 is 0 Å². The predicted octanol–water partition coefficient (Wildman–Crippen LogP) is 3.52. The Kier molecular flexibility index (Phi) is 4.88. The van der Waals surface area contributed by atoms with Crippen LogP contribution in [0.25, 0.3) is 0 Å². The maximum Gasteiger partial charge on any atom is 0.0608 e. The number of fused-ring (bicyclic) bond motifs is 2. The van der Waals surface area contributed by atoms with Gasteiger partial charge in [-0.05, 0) is 42.0 Å². The zero-order valence-electron chi connectivity index (χ0n) is 15.0. The van der Waals surface area contributed by atoms with E-state index in [1.807, 2.05) is 6.92 Å². The van der Waals surface area contributed by atoms with Crippen molar-refractivity contribution in [3.05, 3.63) is 70.8 Å². The molecule has 2 aromatic rings. The van der Waals surface area contributed by atoms with E-state index in [9.17, 15) is 0 Å². The van der Waals surface area contributed by atoms with Crippen LogP contribution in [0.2, 0.25) is 0 Å². The topological polar surface area (TPSA) is 6.48 Å². The van der Waals surface area contributed by atoms with Gasteiger partial charge in [0.2, 0.25) is 0 Å². The molecule has 1 fully saturated rings. The van der Waals surface area contributed by atoms with E-state index in [2.05, 4.69) is 70.2 Å². The maximum absolute atomic E-state index is 3.21. The Balaban J connectivity index is 1.65. The van der Waals surface area contributed by atoms with Gasteiger partial charge >= 0.3 is 0 Å². The smallest absolute Gasteiger partial charge is 0.0608 e. The minimum absolute atomic E-state index is 0.398. The summed E-state index contributed by atoms with van der Waals surface area (Å²) in [5.74, 6) is 6.23. The molecule has 0 saturated carbocycles. The van der Waals surface area contributed by atoms with E-state index in [1.165, 1.54) is 22.3 Å². The van der Waals surface area contributed by atoms with E-state index in [0.717, 1.165) is 45.6 Å². The molecule has 128 valence electrons. The summed E-state index contributed by atoms with van der Waals surface area (Å²) in [4.78, 5) is 5.15. The van der Waals surface area contributed by atoms with Crippen molar-refractivity contribution in [3.63, 3.8) is 0 Å². The predicted molar refractivity (Wildman–Crippen MR) is 104 cm³/mol. The molecule has 0 bridgehead atoms. The molecule has 1 aliphatic carbocycles. The summed E-state index contributed by atoms with van der Waals surface area (Å²) in [6, 6.07) is 18.5. The SMILES string of the molecule is CC#CCN1CCN(C2c3ccccc3CCc3ccccc32)CC1. The quantitative estimate of drug-likeness (QED) is 0.778. The van der Waals surface area contributed by atoms with Crippen LogP contribution in [0, 0.1) is 11.8 Å². The van der Waals surface area contributed by atoms with E-state index in [1.54, 1.807) is 0 Å². The molecule has 25 heavy (non-hydrogen) atoms. The first-order valence-electron chi connectivity index (χ1n) is 9.38. The Bertz CT molecular complexity index is 743. The molecule has 2 aromatic carbocycles. The first-order valence-corrected chi connectivity index (χ1v) is 9.38. The molecule has 2 heteroatoms. The lowest BCUT2D eigenvalue weighted by molar-refractivity contribution is 0.119. The Morgan fingerprint density at radius 1 is 0.840 bits per heavy atom. The van der Waals surface area contributed by atoms with E-state index in [4.69, 9.17) is 0 Å². The molecule has 1 saturated heterocycles. The standard InChI is InChI=1S/C23H26N2/c1-2-3-14-24-15-17-25(18-16-24)23-21-10-6-4-8-19(21)12-13-20-9-5-7-11-22(20)23/h4-11,23H,12-18H2,1H3. The highest BCUT2D eigenvalue weighted by Gasteiger charge is 2.30. The van der Waals surface area contributed by atoms with Crippen molar-refractivity contribution in [1.82, 2.24) is 9.80 Å². The van der Waals surface area contributed by atoms with Crippen molar-refractivity contribution in [3.8, 4) is 11.8 Å². The number of nitrogens with zero attached hydrogens (tertiary/aromatic N) is 2. The molecule has 0 N–H and O–H groups in total. The number of hydrogen-bond donors (Lipinski definition) is 0. The molecule has 1 aliphatic heterocycles.